The summed E-state index contributed by atoms with van der Waals surface area (Å²) in [5, 5.41) is 14.0. The number of hydrogen-bond donors (Lipinski definition) is 2. The molecule has 5 aromatic rings. The molecule has 360 valence electrons. The highest BCUT2D eigenvalue weighted by Crippen LogP contribution is 2.39. The van der Waals surface area contributed by atoms with Crippen molar-refractivity contribution >= 4 is 69.5 Å². The predicted octanol–water partition coefficient (Wildman–Crippen LogP) is 9.31. The third kappa shape index (κ3) is 11.5. The number of oxazole rings is 1. The maximum atomic E-state index is 14.0. The van der Waals surface area contributed by atoms with Gasteiger partial charge in [0.2, 0.25) is 17.5 Å². The second kappa shape index (κ2) is 21.5. The van der Waals surface area contributed by atoms with Crippen LogP contribution in [0, 0.1) is 18.9 Å². The first-order valence-corrected chi connectivity index (χ1v) is 23.7. The van der Waals surface area contributed by atoms with Crippen molar-refractivity contribution in [2.75, 3.05) is 36.2 Å². The van der Waals surface area contributed by atoms with Gasteiger partial charge in [0.15, 0.2) is 23.0 Å². The summed E-state index contributed by atoms with van der Waals surface area (Å²) < 4.78 is 17.1. The SMILES string of the molecule is [C-]#[N+]c1ccc(N2C(=O)C(C)(C)N(c3ccc(-c4ccc(OCCCCOCC(=O)N[C@H](C(=O)N5C[C@H](O)C[C@H]5C(=O)CCc5ccc(-c6ocnc6C)cc5)C(C)(C)C)cc4)cc3)C2=S)cc1Cl. The number of halogens is 1. The largest absolute Gasteiger partial charge is 0.494 e. The maximum Gasteiger partial charge on any atom is 0.259 e. The summed E-state index contributed by atoms with van der Waals surface area (Å²) in [4.78, 5) is 66.5. The van der Waals surface area contributed by atoms with Crippen molar-refractivity contribution in [2.45, 2.75) is 97.4 Å². The summed E-state index contributed by atoms with van der Waals surface area (Å²) in [6, 6.07) is 26.4. The van der Waals surface area contributed by atoms with Crippen molar-refractivity contribution in [3.63, 3.8) is 0 Å². The number of likely N-dealkylation sites (tertiary alicyclic amines) is 1. The molecule has 0 bridgehead atoms. The second-order valence-electron chi connectivity index (χ2n) is 18.9. The van der Waals surface area contributed by atoms with Gasteiger partial charge >= 0.3 is 0 Å². The molecule has 3 heterocycles. The maximum absolute atomic E-state index is 14.0. The van der Waals surface area contributed by atoms with E-state index >= 15 is 0 Å². The molecule has 4 aromatic carbocycles. The standard InChI is InChI=1S/C53H57ClN6O8S/c1-33-47(68-32-56-33)37-13-10-34(11-14-37)12-25-45(62)44-29-40(61)30-58(44)49(64)48(52(2,3)4)57-46(63)31-66-26-8-9-27-67-41-22-17-36(18-23-41)35-15-19-38(20-16-35)60-51(69)59(50(65)53(60,5)6)39-21-24-43(55-7)42(54)28-39/h10-11,13-24,28,32,40,44,48,61H,8-9,12,25-27,29-31H2,1-6H3,(H,57,63)/t40-,44+,48-/m1/s1. The summed E-state index contributed by atoms with van der Waals surface area (Å²) in [5.41, 5.74) is 4.50. The molecule has 0 radical (unpaired) electrons. The molecule has 0 aliphatic carbocycles. The number of nitrogens with zero attached hydrogens (tertiary/aromatic N) is 5. The first-order chi connectivity index (χ1) is 32.9. The molecule has 3 amide bonds. The number of carbonyl (C=O) groups excluding carboxylic acids is 4. The van der Waals surface area contributed by atoms with Crippen molar-refractivity contribution in [3.8, 4) is 28.2 Å². The lowest BCUT2D eigenvalue weighted by Crippen LogP contribution is -2.57. The number of thiocarbonyl (C=S) groups is 1. The highest BCUT2D eigenvalue weighted by molar-refractivity contribution is 7.81. The van der Waals surface area contributed by atoms with Crippen LogP contribution in [0.25, 0.3) is 27.3 Å². The number of β-amino-alcohol motifs (C(OH)–C–C–N with tert-alkyl or cyclic N) is 1. The van der Waals surface area contributed by atoms with Gasteiger partial charge in [0.25, 0.3) is 5.91 Å². The topological polar surface area (TPSA) is 159 Å². The lowest BCUT2D eigenvalue weighted by Gasteiger charge is -2.35. The number of aromatic nitrogens is 1. The molecule has 0 saturated carbocycles. The Bertz CT molecular complexity index is 2730. The summed E-state index contributed by atoms with van der Waals surface area (Å²) in [6.07, 6.45) is 2.70. The Morgan fingerprint density at radius 1 is 0.971 bits per heavy atom. The molecule has 3 atom stereocenters. The first-order valence-electron chi connectivity index (χ1n) is 22.9. The summed E-state index contributed by atoms with van der Waals surface area (Å²) in [5.74, 6) is 0.204. The molecule has 0 spiro atoms. The quantitative estimate of drug-likeness (QED) is 0.0490. The Balaban J connectivity index is 0.831. The number of carbonyl (C=O) groups is 4. The number of ether oxygens (including phenoxy) is 2. The van der Waals surface area contributed by atoms with Crippen LogP contribution in [0.15, 0.2) is 102 Å². The fourth-order valence-corrected chi connectivity index (χ4v) is 9.34. The van der Waals surface area contributed by atoms with Crippen LogP contribution >= 0.6 is 23.8 Å². The average molecular weight is 974 g/mol. The van der Waals surface area contributed by atoms with Gasteiger partial charge in [-0.25, -0.2) is 9.83 Å². The van der Waals surface area contributed by atoms with Crippen molar-refractivity contribution < 1.29 is 38.2 Å². The van der Waals surface area contributed by atoms with Crippen LogP contribution < -0.4 is 19.9 Å². The predicted molar refractivity (Wildman–Crippen MR) is 269 cm³/mol. The van der Waals surface area contributed by atoms with E-state index in [1.807, 2.05) is 119 Å². The zero-order chi connectivity index (χ0) is 49.6. The number of aliphatic hydroxyl groups is 1. The molecular formula is C53H57ClN6O8S. The molecule has 7 rings (SSSR count). The molecule has 2 aliphatic rings. The highest BCUT2D eigenvalue weighted by Gasteiger charge is 2.50. The molecule has 14 nitrogen and oxygen atoms in total. The minimum Gasteiger partial charge on any atom is -0.494 e. The third-order valence-electron chi connectivity index (χ3n) is 12.4. The van der Waals surface area contributed by atoms with Crippen LogP contribution in [0.4, 0.5) is 17.1 Å². The van der Waals surface area contributed by atoms with Gasteiger partial charge in [0.1, 0.15) is 23.9 Å². The smallest absolute Gasteiger partial charge is 0.259 e. The minimum absolute atomic E-state index is 0.0129. The van der Waals surface area contributed by atoms with E-state index in [4.69, 9.17) is 44.3 Å². The fourth-order valence-electron chi connectivity index (χ4n) is 8.60. The molecule has 0 unspecified atom stereocenters. The van der Waals surface area contributed by atoms with E-state index in [1.165, 1.54) is 16.2 Å². The Kier molecular flexibility index (Phi) is 15.7. The van der Waals surface area contributed by atoms with Gasteiger partial charge in [-0.1, -0.05) is 87.0 Å². The number of benzene rings is 4. The number of anilines is 2. The number of Topliss-reactive ketones (excluding diaryl/α,β-unsaturated/α-hetero) is 1. The van der Waals surface area contributed by atoms with Gasteiger partial charge in [-0.05, 0) is 111 Å². The zero-order valence-electron chi connectivity index (χ0n) is 39.7. The number of nitrogens with one attached hydrogen (secondary N) is 1. The molecule has 1 aromatic heterocycles. The number of rotatable bonds is 18. The molecule has 69 heavy (non-hydrogen) atoms. The molecule has 2 saturated heterocycles. The number of aryl methyl sites for hydroxylation is 2. The van der Waals surface area contributed by atoms with E-state index in [1.54, 1.807) is 18.2 Å². The normalized spacial score (nSPS) is 17.2. The lowest BCUT2D eigenvalue weighted by atomic mass is 9.85. The zero-order valence-corrected chi connectivity index (χ0v) is 41.2. The Morgan fingerprint density at radius 2 is 1.61 bits per heavy atom. The van der Waals surface area contributed by atoms with E-state index in [0.29, 0.717) is 60.5 Å². The Labute approximate surface area is 413 Å². The van der Waals surface area contributed by atoms with Gasteiger partial charge < -0.3 is 34.1 Å². The van der Waals surface area contributed by atoms with Gasteiger partial charge in [0, 0.05) is 42.3 Å². The van der Waals surface area contributed by atoms with E-state index in [9.17, 15) is 24.3 Å². The van der Waals surface area contributed by atoms with Crippen LogP contribution in [-0.2, 0) is 30.3 Å². The van der Waals surface area contributed by atoms with E-state index in [0.717, 1.165) is 33.6 Å². The average Bonchev–Trinajstić information content (AvgIpc) is 3.99. The first kappa shape index (κ1) is 50.4. The van der Waals surface area contributed by atoms with Crippen molar-refractivity contribution in [1.82, 2.24) is 15.2 Å². The lowest BCUT2D eigenvalue weighted by molar-refractivity contribution is -0.144. The second-order valence-corrected chi connectivity index (χ2v) is 19.7. The fraction of sp³-hybridized carbons (Fsp3) is 0.377. The summed E-state index contributed by atoms with van der Waals surface area (Å²) >= 11 is 12.1. The summed E-state index contributed by atoms with van der Waals surface area (Å²) in [7, 11) is 0. The van der Waals surface area contributed by atoms with E-state index in [2.05, 4.69) is 15.1 Å². The van der Waals surface area contributed by atoms with Crippen LogP contribution in [0.5, 0.6) is 5.75 Å². The van der Waals surface area contributed by atoms with Gasteiger partial charge in [-0.15, -0.1) is 0 Å². The molecular weight excluding hydrogens is 916 g/mol. The number of hydrogen-bond acceptors (Lipinski definition) is 10. The molecule has 16 heteroatoms. The van der Waals surface area contributed by atoms with E-state index < -0.39 is 41.0 Å². The number of ketones is 1. The van der Waals surface area contributed by atoms with Crippen molar-refractivity contribution in [1.29, 1.82) is 0 Å². The van der Waals surface area contributed by atoms with Crippen LogP contribution in [-0.4, -0.2) is 93.7 Å². The number of amides is 3. The van der Waals surface area contributed by atoms with Crippen LogP contribution in [0.3, 0.4) is 0 Å². The number of unbranched alkanes of at least 4 members (excludes halogenated alkanes) is 1. The minimum atomic E-state index is -0.965. The van der Waals surface area contributed by atoms with Crippen LogP contribution in [0.2, 0.25) is 5.02 Å². The third-order valence-corrected chi connectivity index (χ3v) is 13.1. The molecule has 2 N–H and O–H groups in total. The summed E-state index contributed by atoms with van der Waals surface area (Å²) in [6.45, 7) is 18.9. The van der Waals surface area contributed by atoms with Crippen LogP contribution in [0.1, 0.15) is 71.6 Å². The molecule has 2 aliphatic heterocycles. The van der Waals surface area contributed by atoms with E-state index in [-0.39, 0.29) is 42.7 Å². The Hall–Kier alpha value is -6.44. The number of aliphatic hydroxyl groups excluding tert-OH is 1. The molecule has 2 fully saturated rings. The monoisotopic (exact) mass is 972 g/mol. The van der Waals surface area contributed by atoms with Crippen molar-refractivity contribution in [2.24, 2.45) is 5.41 Å². The van der Waals surface area contributed by atoms with Gasteiger partial charge in [0.05, 0.1) is 36.7 Å². The Morgan fingerprint density at radius 3 is 2.23 bits per heavy atom. The highest BCUT2D eigenvalue weighted by atomic mass is 35.5. The van der Waals surface area contributed by atoms with Crippen molar-refractivity contribution in [3.05, 3.63) is 125 Å². The van der Waals surface area contributed by atoms with Gasteiger partial charge in [-0.2, -0.15) is 0 Å². The van der Waals surface area contributed by atoms with Gasteiger partial charge in [-0.3, -0.25) is 24.1 Å².